The highest BCUT2D eigenvalue weighted by atomic mass is 16.5. The summed E-state index contributed by atoms with van der Waals surface area (Å²) in [6, 6.07) is 11.6. The zero-order chi connectivity index (χ0) is 15.6. The Kier molecular flexibility index (Phi) is 6.39. The van der Waals surface area contributed by atoms with Gasteiger partial charge in [-0.05, 0) is 18.1 Å². The Balaban J connectivity index is 1.86. The fraction of sp³-hybridized carbons (Fsp3) is 0.294. The molecule has 0 aliphatic carbocycles. The molecule has 0 aliphatic rings. The molecule has 2 N–H and O–H groups in total. The molecule has 0 aliphatic heterocycles. The molecule has 2 rings (SSSR count). The number of nitrogens with one attached hydrogen (secondary N) is 2. The van der Waals surface area contributed by atoms with Crippen molar-refractivity contribution in [1.82, 2.24) is 10.3 Å². The molecule has 1 aromatic heterocycles. The van der Waals surface area contributed by atoms with Gasteiger partial charge in [0.25, 0.3) is 5.91 Å². The molecule has 22 heavy (non-hydrogen) atoms. The van der Waals surface area contributed by atoms with Crippen molar-refractivity contribution in [3.63, 3.8) is 0 Å². The summed E-state index contributed by atoms with van der Waals surface area (Å²) in [6.45, 7) is 1.99. The summed E-state index contributed by atoms with van der Waals surface area (Å²) >= 11 is 0. The third kappa shape index (κ3) is 5.18. The van der Waals surface area contributed by atoms with Crippen molar-refractivity contribution < 1.29 is 9.53 Å². The first-order valence-corrected chi connectivity index (χ1v) is 7.29. The van der Waals surface area contributed by atoms with E-state index in [1.165, 1.54) is 0 Å². The van der Waals surface area contributed by atoms with E-state index in [9.17, 15) is 4.79 Å². The van der Waals surface area contributed by atoms with Crippen LogP contribution in [0.3, 0.4) is 0 Å². The Bertz CT molecular complexity index is 587. The molecule has 0 atom stereocenters. The SMILES string of the molecule is COCCCNc1cncc(C(=O)NCc2ccccc2)c1. The van der Waals surface area contributed by atoms with Crippen LogP contribution >= 0.6 is 0 Å². The number of methoxy groups -OCH3 is 1. The number of nitrogens with zero attached hydrogens (tertiary/aromatic N) is 1. The fourth-order valence-corrected chi connectivity index (χ4v) is 1.99. The maximum absolute atomic E-state index is 12.1. The Labute approximate surface area is 130 Å². The van der Waals surface area contributed by atoms with Crippen LogP contribution in [0.15, 0.2) is 48.8 Å². The molecule has 2 aromatic rings. The summed E-state index contributed by atoms with van der Waals surface area (Å²) in [5, 5.41) is 6.12. The molecule has 116 valence electrons. The maximum Gasteiger partial charge on any atom is 0.253 e. The first-order chi connectivity index (χ1) is 10.8. The molecule has 5 nitrogen and oxygen atoms in total. The zero-order valence-electron chi connectivity index (χ0n) is 12.7. The minimum Gasteiger partial charge on any atom is -0.385 e. The highest BCUT2D eigenvalue weighted by Crippen LogP contribution is 2.09. The molecule has 0 unspecified atom stereocenters. The van der Waals surface area contributed by atoms with Crippen LogP contribution in [-0.2, 0) is 11.3 Å². The average Bonchev–Trinajstić information content (AvgIpc) is 2.58. The van der Waals surface area contributed by atoms with Crippen molar-refractivity contribution in [2.75, 3.05) is 25.6 Å². The summed E-state index contributed by atoms with van der Waals surface area (Å²) in [6.07, 6.45) is 4.18. The lowest BCUT2D eigenvalue weighted by molar-refractivity contribution is 0.0950. The van der Waals surface area contributed by atoms with Gasteiger partial charge in [-0.3, -0.25) is 9.78 Å². The second-order valence-electron chi connectivity index (χ2n) is 4.90. The molecule has 0 radical (unpaired) electrons. The Hall–Kier alpha value is -2.40. The number of hydrogen-bond acceptors (Lipinski definition) is 4. The molecule has 0 spiro atoms. The van der Waals surface area contributed by atoms with E-state index >= 15 is 0 Å². The second-order valence-corrected chi connectivity index (χ2v) is 4.90. The van der Waals surface area contributed by atoms with Gasteiger partial charge in [0.1, 0.15) is 0 Å². The highest BCUT2D eigenvalue weighted by Gasteiger charge is 2.06. The van der Waals surface area contributed by atoms with Gasteiger partial charge < -0.3 is 15.4 Å². The largest absolute Gasteiger partial charge is 0.385 e. The summed E-state index contributed by atoms with van der Waals surface area (Å²) < 4.78 is 5.00. The highest BCUT2D eigenvalue weighted by molar-refractivity contribution is 5.94. The van der Waals surface area contributed by atoms with Gasteiger partial charge >= 0.3 is 0 Å². The van der Waals surface area contributed by atoms with Crippen LogP contribution in [0.4, 0.5) is 5.69 Å². The average molecular weight is 299 g/mol. The van der Waals surface area contributed by atoms with Gasteiger partial charge in [-0.2, -0.15) is 0 Å². The van der Waals surface area contributed by atoms with Crippen molar-refractivity contribution in [3.8, 4) is 0 Å². The van der Waals surface area contributed by atoms with E-state index in [1.807, 2.05) is 30.3 Å². The standard InChI is InChI=1S/C17H21N3O2/c1-22-9-5-8-19-16-10-15(12-18-13-16)17(21)20-11-14-6-3-2-4-7-14/h2-4,6-7,10,12-13,19H,5,8-9,11H2,1H3,(H,20,21). The minimum absolute atomic E-state index is 0.128. The van der Waals surface area contributed by atoms with Gasteiger partial charge in [0.2, 0.25) is 0 Å². The Morgan fingerprint density at radius 3 is 2.82 bits per heavy atom. The monoisotopic (exact) mass is 299 g/mol. The van der Waals surface area contributed by atoms with Crippen LogP contribution in [0.2, 0.25) is 0 Å². The number of pyridine rings is 1. The smallest absolute Gasteiger partial charge is 0.253 e. The number of anilines is 1. The van der Waals surface area contributed by atoms with E-state index < -0.39 is 0 Å². The predicted molar refractivity (Wildman–Crippen MR) is 86.8 cm³/mol. The van der Waals surface area contributed by atoms with Gasteiger partial charge in [-0.25, -0.2) is 0 Å². The molecule has 0 saturated carbocycles. The number of aromatic nitrogens is 1. The van der Waals surface area contributed by atoms with Crippen LogP contribution in [-0.4, -0.2) is 31.2 Å². The summed E-state index contributed by atoms with van der Waals surface area (Å²) in [4.78, 5) is 16.3. The van der Waals surface area contributed by atoms with Crippen LogP contribution < -0.4 is 10.6 Å². The van der Waals surface area contributed by atoms with E-state index in [2.05, 4.69) is 15.6 Å². The molecule has 1 heterocycles. The van der Waals surface area contributed by atoms with Crippen molar-refractivity contribution in [2.45, 2.75) is 13.0 Å². The normalized spacial score (nSPS) is 10.2. The van der Waals surface area contributed by atoms with Gasteiger partial charge in [-0.15, -0.1) is 0 Å². The number of rotatable bonds is 8. The van der Waals surface area contributed by atoms with Gasteiger partial charge in [-0.1, -0.05) is 30.3 Å². The molecule has 1 amide bonds. The van der Waals surface area contributed by atoms with Crippen molar-refractivity contribution in [2.24, 2.45) is 0 Å². The Morgan fingerprint density at radius 1 is 1.23 bits per heavy atom. The van der Waals surface area contributed by atoms with Gasteiger partial charge in [0.15, 0.2) is 0 Å². The fourth-order valence-electron chi connectivity index (χ4n) is 1.99. The summed E-state index contributed by atoms with van der Waals surface area (Å²) in [7, 11) is 1.68. The topological polar surface area (TPSA) is 63.2 Å². The maximum atomic E-state index is 12.1. The molecule has 5 heteroatoms. The minimum atomic E-state index is -0.128. The van der Waals surface area contributed by atoms with Crippen molar-refractivity contribution in [3.05, 3.63) is 59.9 Å². The van der Waals surface area contributed by atoms with E-state index in [0.717, 1.165) is 24.2 Å². The molecule has 0 fully saturated rings. The van der Waals surface area contributed by atoms with E-state index in [4.69, 9.17) is 4.74 Å². The van der Waals surface area contributed by atoms with Crippen LogP contribution in [0.5, 0.6) is 0 Å². The number of carbonyl (C=O) groups excluding carboxylic acids is 1. The van der Waals surface area contributed by atoms with Crippen LogP contribution in [0, 0.1) is 0 Å². The molecule has 0 saturated heterocycles. The van der Waals surface area contributed by atoms with Crippen LogP contribution in [0.25, 0.3) is 0 Å². The number of carbonyl (C=O) groups is 1. The molecular weight excluding hydrogens is 278 g/mol. The zero-order valence-corrected chi connectivity index (χ0v) is 12.7. The third-order valence-electron chi connectivity index (χ3n) is 3.15. The lowest BCUT2D eigenvalue weighted by atomic mass is 10.2. The van der Waals surface area contributed by atoms with E-state index in [-0.39, 0.29) is 5.91 Å². The number of amides is 1. The van der Waals surface area contributed by atoms with Gasteiger partial charge in [0, 0.05) is 39.2 Å². The lowest BCUT2D eigenvalue weighted by Crippen LogP contribution is -2.23. The summed E-state index contributed by atoms with van der Waals surface area (Å²) in [5.41, 5.74) is 2.45. The van der Waals surface area contributed by atoms with Crippen molar-refractivity contribution in [1.29, 1.82) is 0 Å². The van der Waals surface area contributed by atoms with Gasteiger partial charge in [0.05, 0.1) is 11.3 Å². The van der Waals surface area contributed by atoms with Crippen LogP contribution in [0.1, 0.15) is 22.3 Å². The molecule has 1 aromatic carbocycles. The third-order valence-corrected chi connectivity index (χ3v) is 3.15. The van der Waals surface area contributed by atoms with Crippen molar-refractivity contribution >= 4 is 11.6 Å². The lowest BCUT2D eigenvalue weighted by Gasteiger charge is -2.08. The molecular formula is C17H21N3O2. The predicted octanol–water partition coefficient (Wildman–Crippen LogP) is 2.46. The first-order valence-electron chi connectivity index (χ1n) is 7.29. The number of benzene rings is 1. The Morgan fingerprint density at radius 2 is 2.05 bits per heavy atom. The quantitative estimate of drug-likeness (QED) is 0.735. The number of hydrogen-bond donors (Lipinski definition) is 2. The first kappa shape index (κ1) is 16.0. The second kappa shape index (κ2) is 8.79. The number of ether oxygens (including phenoxy) is 1. The van der Waals surface area contributed by atoms with E-state index in [0.29, 0.717) is 18.7 Å². The summed E-state index contributed by atoms with van der Waals surface area (Å²) in [5.74, 6) is -0.128. The van der Waals surface area contributed by atoms with E-state index in [1.54, 1.807) is 25.6 Å². The molecule has 0 bridgehead atoms.